The molecule has 1 aliphatic carbocycles. The molecule has 0 heterocycles. The highest BCUT2D eigenvalue weighted by Crippen LogP contribution is 2.24. The first-order valence-corrected chi connectivity index (χ1v) is 5.00. The Bertz CT molecular complexity index is 291. The standard InChI is InChI=1S/C12H16O/c1-13-9-11-7-4-6-10-5-2-3-8-12(10)11/h4,6-7H,2-3,5,8-9H2,1H3. The van der Waals surface area contributed by atoms with Crippen molar-refractivity contribution in [3.05, 3.63) is 34.9 Å². The molecule has 0 saturated heterocycles. The topological polar surface area (TPSA) is 9.23 Å². The Balaban J connectivity index is 2.34. The van der Waals surface area contributed by atoms with Crippen LogP contribution in [0.3, 0.4) is 0 Å². The van der Waals surface area contributed by atoms with Crippen LogP contribution in [0, 0.1) is 0 Å². The number of ether oxygens (including phenoxy) is 1. The van der Waals surface area contributed by atoms with Crippen LogP contribution < -0.4 is 0 Å². The lowest BCUT2D eigenvalue weighted by Crippen LogP contribution is -2.06. The lowest BCUT2D eigenvalue weighted by atomic mass is 9.88. The molecule has 1 aliphatic rings. The molecule has 13 heavy (non-hydrogen) atoms. The lowest BCUT2D eigenvalue weighted by molar-refractivity contribution is 0.184. The maximum absolute atomic E-state index is 5.19. The second-order valence-electron chi connectivity index (χ2n) is 3.69. The quantitative estimate of drug-likeness (QED) is 0.673. The Morgan fingerprint density at radius 3 is 2.92 bits per heavy atom. The van der Waals surface area contributed by atoms with Crippen LogP contribution in [0.2, 0.25) is 0 Å². The molecule has 1 nitrogen and oxygen atoms in total. The predicted molar refractivity (Wildman–Crippen MR) is 53.8 cm³/mol. The third-order valence-electron chi connectivity index (χ3n) is 2.79. The van der Waals surface area contributed by atoms with Crippen molar-refractivity contribution >= 4 is 0 Å². The molecule has 0 amide bonds. The number of benzene rings is 1. The molecule has 0 radical (unpaired) electrons. The summed E-state index contributed by atoms with van der Waals surface area (Å²) in [6.07, 6.45) is 5.19. The molecule has 0 atom stereocenters. The number of hydrogen-bond donors (Lipinski definition) is 0. The molecule has 0 spiro atoms. The second-order valence-corrected chi connectivity index (χ2v) is 3.69. The third kappa shape index (κ3) is 1.75. The van der Waals surface area contributed by atoms with E-state index >= 15 is 0 Å². The number of methoxy groups -OCH3 is 1. The zero-order chi connectivity index (χ0) is 9.10. The maximum atomic E-state index is 5.19. The fourth-order valence-corrected chi connectivity index (χ4v) is 2.15. The van der Waals surface area contributed by atoms with Gasteiger partial charge < -0.3 is 4.74 Å². The van der Waals surface area contributed by atoms with Crippen molar-refractivity contribution in [1.82, 2.24) is 0 Å². The van der Waals surface area contributed by atoms with E-state index in [0.717, 1.165) is 6.61 Å². The van der Waals surface area contributed by atoms with Gasteiger partial charge in [0, 0.05) is 7.11 Å². The highest BCUT2D eigenvalue weighted by Gasteiger charge is 2.11. The van der Waals surface area contributed by atoms with Crippen molar-refractivity contribution in [1.29, 1.82) is 0 Å². The molecule has 1 heteroatoms. The van der Waals surface area contributed by atoms with Gasteiger partial charge in [0.25, 0.3) is 0 Å². The SMILES string of the molecule is COCc1cccc2c1CCCC2. The van der Waals surface area contributed by atoms with Crippen LogP contribution in [0.25, 0.3) is 0 Å². The van der Waals surface area contributed by atoms with Gasteiger partial charge in [-0.15, -0.1) is 0 Å². The van der Waals surface area contributed by atoms with Crippen LogP contribution in [0.4, 0.5) is 0 Å². The minimum absolute atomic E-state index is 0.767. The van der Waals surface area contributed by atoms with E-state index in [1.807, 2.05) is 0 Å². The van der Waals surface area contributed by atoms with E-state index in [1.165, 1.54) is 31.2 Å². The van der Waals surface area contributed by atoms with Gasteiger partial charge in [0.2, 0.25) is 0 Å². The molecule has 0 saturated carbocycles. The average molecular weight is 176 g/mol. The Hall–Kier alpha value is -0.820. The van der Waals surface area contributed by atoms with Crippen LogP contribution in [-0.4, -0.2) is 7.11 Å². The molecule has 0 unspecified atom stereocenters. The first kappa shape index (κ1) is 8.76. The minimum atomic E-state index is 0.767. The molecule has 0 bridgehead atoms. The molecule has 0 aromatic heterocycles. The predicted octanol–water partition coefficient (Wildman–Crippen LogP) is 2.71. The van der Waals surface area contributed by atoms with Crippen LogP contribution >= 0.6 is 0 Å². The van der Waals surface area contributed by atoms with E-state index < -0.39 is 0 Å². The first-order chi connectivity index (χ1) is 6.42. The molecule has 2 rings (SSSR count). The number of aryl methyl sites for hydroxylation is 1. The normalized spacial score (nSPS) is 15.5. The summed E-state index contributed by atoms with van der Waals surface area (Å²) in [5, 5.41) is 0. The van der Waals surface area contributed by atoms with E-state index in [-0.39, 0.29) is 0 Å². The van der Waals surface area contributed by atoms with E-state index in [1.54, 1.807) is 18.2 Å². The Kier molecular flexibility index (Phi) is 2.65. The molecular weight excluding hydrogens is 160 g/mol. The van der Waals surface area contributed by atoms with E-state index in [2.05, 4.69) is 18.2 Å². The lowest BCUT2D eigenvalue weighted by Gasteiger charge is -2.18. The summed E-state index contributed by atoms with van der Waals surface area (Å²) < 4.78 is 5.19. The fraction of sp³-hybridized carbons (Fsp3) is 0.500. The van der Waals surface area contributed by atoms with Gasteiger partial charge >= 0.3 is 0 Å². The second kappa shape index (κ2) is 3.93. The van der Waals surface area contributed by atoms with Gasteiger partial charge in [-0.25, -0.2) is 0 Å². The van der Waals surface area contributed by atoms with Gasteiger partial charge in [0.15, 0.2) is 0 Å². The van der Waals surface area contributed by atoms with Gasteiger partial charge in [-0.3, -0.25) is 0 Å². The largest absolute Gasteiger partial charge is 0.380 e. The zero-order valence-corrected chi connectivity index (χ0v) is 8.18. The number of fused-ring (bicyclic) bond motifs is 1. The number of hydrogen-bond acceptors (Lipinski definition) is 1. The van der Waals surface area contributed by atoms with E-state index in [0.29, 0.717) is 0 Å². The summed E-state index contributed by atoms with van der Waals surface area (Å²) in [5.41, 5.74) is 4.48. The highest BCUT2D eigenvalue weighted by atomic mass is 16.5. The average Bonchev–Trinajstić information content (AvgIpc) is 2.19. The molecule has 70 valence electrons. The van der Waals surface area contributed by atoms with Gasteiger partial charge in [0.05, 0.1) is 6.61 Å². The van der Waals surface area contributed by atoms with Gasteiger partial charge in [-0.05, 0) is 42.4 Å². The van der Waals surface area contributed by atoms with Crippen molar-refractivity contribution in [3.8, 4) is 0 Å². The maximum Gasteiger partial charge on any atom is 0.0715 e. The first-order valence-electron chi connectivity index (χ1n) is 5.00. The summed E-state index contributed by atoms with van der Waals surface area (Å²) in [7, 11) is 1.77. The molecular formula is C12H16O. The van der Waals surface area contributed by atoms with E-state index in [9.17, 15) is 0 Å². The summed E-state index contributed by atoms with van der Waals surface area (Å²) in [4.78, 5) is 0. The van der Waals surface area contributed by atoms with Crippen LogP contribution in [0.15, 0.2) is 18.2 Å². The third-order valence-corrected chi connectivity index (χ3v) is 2.79. The van der Waals surface area contributed by atoms with Crippen molar-refractivity contribution in [2.75, 3.05) is 7.11 Å². The molecule has 1 aromatic rings. The van der Waals surface area contributed by atoms with Crippen LogP contribution in [0.1, 0.15) is 29.5 Å². The van der Waals surface area contributed by atoms with Gasteiger partial charge in [-0.1, -0.05) is 18.2 Å². The Labute approximate surface area is 79.7 Å². The van der Waals surface area contributed by atoms with Crippen molar-refractivity contribution in [2.24, 2.45) is 0 Å². The summed E-state index contributed by atoms with van der Waals surface area (Å²) in [5.74, 6) is 0. The molecule has 0 aliphatic heterocycles. The minimum Gasteiger partial charge on any atom is -0.380 e. The van der Waals surface area contributed by atoms with Crippen LogP contribution in [0.5, 0.6) is 0 Å². The van der Waals surface area contributed by atoms with Crippen molar-refractivity contribution < 1.29 is 4.74 Å². The van der Waals surface area contributed by atoms with Gasteiger partial charge in [-0.2, -0.15) is 0 Å². The van der Waals surface area contributed by atoms with Crippen molar-refractivity contribution in [2.45, 2.75) is 32.3 Å². The molecule has 0 fully saturated rings. The fourth-order valence-electron chi connectivity index (χ4n) is 2.15. The summed E-state index contributed by atoms with van der Waals surface area (Å²) >= 11 is 0. The van der Waals surface area contributed by atoms with Crippen molar-refractivity contribution in [3.63, 3.8) is 0 Å². The summed E-state index contributed by atoms with van der Waals surface area (Å²) in [6.45, 7) is 0.767. The van der Waals surface area contributed by atoms with Gasteiger partial charge in [0.1, 0.15) is 0 Å². The number of rotatable bonds is 2. The zero-order valence-electron chi connectivity index (χ0n) is 8.18. The molecule has 0 N–H and O–H groups in total. The Morgan fingerprint density at radius 1 is 1.23 bits per heavy atom. The smallest absolute Gasteiger partial charge is 0.0715 e. The van der Waals surface area contributed by atoms with E-state index in [4.69, 9.17) is 4.74 Å². The molecule has 1 aromatic carbocycles. The summed E-state index contributed by atoms with van der Waals surface area (Å²) in [6, 6.07) is 6.60. The highest BCUT2D eigenvalue weighted by molar-refractivity contribution is 5.36. The monoisotopic (exact) mass is 176 g/mol. The Morgan fingerprint density at radius 2 is 2.08 bits per heavy atom. The van der Waals surface area contributed by atoms with Crippen LogP contribution in [-0.2, 0) is 24.2 Å².